The first kappa shape index (κ1) is 27.4. The van der Waals surface area contributed by atoms with Gasteiger partial charge in [0.1, 0.15) is 11.6 Å². The van der Waals surface area contributed by atoms with Crippen LogP contribution in [0.5, 0.6) is 0 Å². The molecule has 3 aliphatic heterocycles. The Hall–Kier alpha value is -3.18. The fourth-order valence-electron chi connectivity index (χ4n) is 5.72. The van der Waals surface area contributed by atoms with Crippen LogP contribution in [0.2, 0.25) is 0 Å². The molecule has 1 N–H and O–H groups in total. The molecule has 11 heteroatoms. The molecular formula is C28H39N5O6. The second-order valence-electron chi connectivity index (χ2n) is 11.9. The van der Waals surface area contributed by atoms with Gasteiger partial charge in [0.25, 0.3) is 0 Å². The summed E-state index contributed by atoms with van der Waals surface area (Å²) in [5.74, 6) is -0.314. The van der Waals surface area contributed by atoms with E-state index in [0.29, 0.717) is 32.0 Å². The van der Waals surface area contributed by atoms with Gasteiger partial charge >= 0.3 is 11.8 Å². The highest BCUT2D eigenvalue weighted by Gasteiger charge is 2.35. The standard InChI is InChI=1S/C28H39N5O6/c1-28(2,3)39-27(37)32-16-20(17-32)38-14-13-31-11-9-18(10-12-31)19-5-6-21-23(15-19)30(4)26(36)33(21)22-7-8-24(34)29-25(22)35/h5-6,15,18,20,22H,7-14,16-17H2,1-4H3,(H,29,34,35). The number of imidazole rings is 1. The van der Waals surface area contributed by atoms with Crippen LogP contribution in [0.1, 0.15) is 64.0 Å². The summed E-state index contributed by atoms with van der Waals surface area (Å²) >= 11 is 0. The van der Waals surface area contributed by atoms with Crippen molar-refractivity contribution in [3.05, 3.63) is 34.2 Å². The van der Waals surface area contributed by atoms with Crippen LogP contribution in [0.15, 0.2) is 23.0 Å². The number of aryl methyl sites for hydroxylation is 1. The van der Waals surface area contributed by atoms with Crippen molar-refractivity contribution in [1.82, 2.24) is 24.3 Å². The molecule has 1 aromatic carbocycles. The van der Waals surface area contributed by atoms with Crippen LogP contribution in [-0.2, 0) is 26.1 Å². The third-order valence-electron chi connectivity index (χ3n) is 7.95. The minimum absolute atomic E-state index is 0.0703. The average Bonchev–Trinajstić information content (AvgIpc) is 3.09. The molecular weight excluding hydrogens is 502 g/mol. The summed E-state index contributed by atoms with van der Waals surface area (Å²) in [6.07, 6.45) is 2.38. The number of rotatable bonds is 6. The number of piperidine rings is 2. The lowest BCUT2D eigenvalue weighted by atomic mass is 9.89. The number of ether oxygens (including phenoxy) is 2. The van der Waals surface area contributed by atoms with Gasteiger partial charge in [-0.1, -0.05) is 6.07 Å². The molecule has 1 atom stereocenters. The number of aromatic nitrogens is 2. The Labute approximate surface area is 228 Å². The molecule has 11 nitrogen and oxygen atoms in total. The average molecular weight is 542 g/mol. The lowest BCUT2D eigenvalue weighted by molar-refractivity contribution is -0.135. The van der Waals surface area contributed by atoms with E-state index in [9.17, 15) is 19.2 Å². The van der Waals surface area contributed by atoms with Gasteiger partial charge in [-0.15, -0.1) is 0 Å². The highest BCUT2D eigenvalue weighted by molar-refractivity contribution is 6.00. The second-order valence-corrected chi connectivity index (χ2v) is 11.9. The molecule has 0 bridgehead atoms. The Morgan fingerprint density at radius 1 is 1.05 bits per heavy atom. The first-order valence-corrected chi connectivity index (χ1v) is 13.9. The molecule has 2 aromatic rings. The zero-order valence-corrected chi connectivity index (χ0v) is 23.3. The van der Waals surface area contributed by atoms with Gasteiger partial charge in [-0.05, 0) is 76.7 Å². The summed E-state index contributed by atoms with van der Waals surface area (Å²) in [6, 6.07) is 5.42. The van der Waals surface area contributed by atoms with E-state index in [1.165, 1.54) is 10.1 Å². The minimum Gasteiger partial charge on any atom is -0.444 e. The maximum Gasteiger partial charge on any atom is 0.410 e. The molecule has 3 fully saturated rings. The van der Waals surface area contributed by atoms with Gasteiger partial charge in [-0.3, -0.25) is 24.0 Å². The van der Waals surface area contributed by atoms with Crippen molar-refractivity contribution < 1.29 is 23.9 Å². The number of nitrogens with zero attached hydrogens (tertiary/aromatic N) is 4. The monoisotopic (exact) mass is 541 g/mol. The molecule has 0 aliphatic carbocycles. The van der Waals surface area contributed by atoms with Crippen molar-refractivity contribution in [2.75, 3.05) is 39.3 Å². The van der Waals surface area contributed by atoms with Gasteiger partial charge in [0.15, 0.2) is 0 Å². The van der Waals surface area contributed by atoms with Crippen LogP contribution in [0, 0.1) is 0 Å². The van der Waals surface area contributed by atoms with E-state index in [1.807, 2.05) is 26.8 Å². The zero-order valence-electron chi connectivity index (χ0n) is 23.3. The number of hydrogen-bond acceptors (Lipinski definition) is 7. The topological polar surface area (TPSA) is 115 Å². The molecule has 3 saturated heterocycles. The molecule has 0 saturated carbocycles. The number of imide groups is 1. The van der Waals surface area contributed by atoms with E-state index < -0.39 is 17.6 Å². The first-order valence-electron chi connectivity index (χ1n) is 13.9. The third-order valence-corrected chi connectivity index (χ3v) is 7.95. The number of likely N-dealkylation sites (tertiary alicyclic amines) is 2. The molecule has 1 unspecified atom stereocenters. The summed E-state index contributed by atoms with van der Waals surface area (Å²) in [7, 11) is 1.73. The Kier molecular flexibility index (Phi) is 7.56. The quantitative estimate of drug-likeness (QED) is 0.557. The number of carbonyl (C=O) groups is 3. The van der Waals surface area contributed by atoms with E-state index in [0.717, 1.165) is 43.5 Å². The van der Waals surface area contributed by atoms with Crippen molar-refractivity contribution in [3.63, 3.8) is 0 Å². The van der Waals surface area contributed by atoms with Gasteiger partial charge in [0, 0.05) is 20.0 Å². The molecule has 3 aliphatic rings. The summed E-state index contributed by atoms with van der Waals surface area (Å²) in [5.41, 5.74) is 1.99. The molecule has 0 spiro atoms. The molecule has 1 aromatic heterocycles. The summed E-state index contributed by atoms with van der Waals surface area (Å²) in [6.45, 7) is 10.2. The maximum absolute atomic E-state index is 13.0. The second kappa shape index (κ2) is 10.8. The lowest BCUT2D eigenvalue weighted by Gasteiger charge is -2.40. The maximum atomic E-state index is 13.0. The number of carbonyl (C=O) groups excluding carboxylic acids is 3. The lowest BCUT2D eigenvalue weighted by Crippen LogP contribution is -2.56. The molecule has 4 heterocycles. The highest BCUT2D eigenvalue weighted by atomic mass is 16.6. The normalized spacial score (nSPS) is 21.7. The Bertz CT molecular complexity index is 1310. The fourth-order valence-corrected chi connectivity index (χ4v) is 5.72. The third kappa shape index (κ3) is 5.89. The van der Waals surface area contributed by atoms with Crippen LogP contribution < -0.4 is 11.0 Å². The van der Waals surface area contributed by atoms with Gasteiger partial charge in [-0.25, -0.2) is 9.59 Å². The van der Waals surface area contributed by atoms with Crippen molar-refractivity contribution >= 4 is 28.9 Å². The van der Waals surface area contributed by atoms with Gasteiger partial charge in [0.2, 0.25) is 11.8 Å². The number of benzene rings is 1. The van der Waals surface area contributed by atoms with E-state index >= 15 is 0 Å². The highest BCUT2D eigenvalue weighted by Crippen LogP contribution is 2.31. The largest absolute Gasteiger partial charge is 0.444 e. The number of nitrogens with one attached hydrogen (secondary N) is 1. The van der Waals surface area contributed by atoms with E-state index in [1.54, 1.807) is 16.5 Å². The Balaban J connectivity index is 1.11. The van der Waals surface area contributed by atoms with Gasteiger partial charge in [0.05, 0.1) is 36.8 Å². The molecule has 39 heavy (non-hydrogen) atoms. The minimum atomic E-state index is -0.671. The van der Waals surface area contributed by atoms with Crippen LogP contribution in [-0.4, -0.2) is 87.9 Å². The van der Waals surface area contributed by atoms with E-state index in [4.69, 9.17) is 9.47 Å². The van der Waals surface area contributed by atoms with Gasteiger partial charge in [-0.2, -0.15) is 0 Å². The fraction of sp³-hybridized carbons (Fsp3) is 0.643. The Morgan fingerprint density at radius 3 is 2.44 bits per heavy atom. The summed E-state index contributed by atoms with van der Waals surface area (Å²) in [4.78, 5) is 53.2. The predicted molar refractivity (Wildman–Crippen MR) is 145 cm³/mol. The summed E-state index contributed by atoms with van der Waals surface area (Å²) in [5, 5.41) is 2.36. The van der Waals surface area contributed by atoms with Crippen LogP contribution in [0.25, 0.3) is 11.0 Å². The number of amides is 3. The molecule has 5 rings (SSSR count). The van der Waals surface area contributed by atoms with Crippen molar-refractivity contribution in [1.29, 1.82) is 0 Å². The van der Waals surface area contributed by atoms with Crippen LogP contribution in [0.4, 0.5) is 4.79 Å². The van der Waals surface area contributed by atoms with Crippen LogP contribution in [0.3, 0.4) is 0 Å². The molecule has 0 radical (unpaired) electrons. The number of hydrogen-bond donors (Lipinski definition) is 1. The predicted octanol–water partition coefficient (Wildman–Crippen LogP) is 2.13. The number of fused-ring (bicyclic) bond motifs is 1. The SMILES string of the molecule is Cn1c(=O)n(C2CCC(=O)NC2=O)c2ccc(C3CCN(CCOC4CN(C(=O)OC(C)(C)C)C4)CC3)cc21. The van der Waals surface area contributed by atoms with E-state index in [-0.39, 0.29) is 30.2 Å². The van der Waals surface area contributed by atoms with Crippen molar-refractivity contribution in [2.45, 2.75) is 70.1 Å². The molecule has 212 valence electrons. The van der Waals surface area contributed by atoms with E-state index in [2.05, 4.69) is 22.3 Å². The van der Waals surface area contributed by atoms with Crippen LogP contribution >= 0.6 is 0 Å². The van der Waals surface area contributed by atoms with Crippen molar-refractivity contribution in [2.24, 2.45) is 7.05 Å². The summed E-state index contributed by atoms with van der Waals surface area (Å²) < 4.78 is 14.5. The van der Waals surface area contributed by atoms with Crippen molar-refractivity contribution in [3.8, 4) is 0 Å². The molecule has 3 amide bonds. The Morgan fingerprint density at radius 2 is 1.77 bits per heavy atom. The first-order chi connectivity index (χ1) is 18.5. The van der Waals surface area contributed by atoms with Gasteiger partial charge < -0.3 is 19.3 Å². The smallest absolute Gasteiger partial charge is 0.410 e. The zero-order chi connectivity index (χ0) is 27.9.